The van der Waals surface area contributed by atoms with Gasteiger partial charge in [0.05, 0.1) is 0 Å². The minimum Gasteiger partial charge on any atom is -0.481 e. The molecule has 1 aliphatic rings. The maximum Gasteiger partial charge on any atom is 0.317 e. The highest BCUT2D eigenvalue weighted by Crippen LogP contribution is 2.07. The summed E-state index contributed by atoms with van der Waals surface area (Å²) in [5.74, 6) is -1.12. The van der Waals surface area contributed by atoms with Crippen LogP contribution in [-0.2, 0) is 9.59 Å². The summed E-state index contributed by atoms with van der Waals surface area (Å²) in [5.41, 5.74) is 0. The first-order valence-electron chi connectivity index (χ1n) is 6.04. The number of carbonyl (C=O) groups is 3. The van der Waals surface area contributed by atoms with Gasteiger partial charge >= 0.3 is 12.0 Å². The predicted octanol–water partition coefficient (Wildman–Crippen LogP) is -0.371. The summed E-state index contributed by atoms with van der Waals surface area (Å²) in [6.45, 7) is 3.20. The number of rotatable bonds is 5. The number of hydrogen-bond acceptors (Lipinski definition) is 3. The van der Waals surface area contributed by atoms with E-state index in [1.54, 1.807) is 0 Å². The third-order valence-corrected chi connectivity index (χ3v) is 2.91. The standard InChI is InChI=1S/C11H19N3O4/c1-2-8(5-10(16)17)6-13-11(18)14-4-3-12-9(15)7-14/h8H,2-7H2,1H3,(H,12,15)(H,13,18)(H,16,17). The van der Waals surface area contributed by atoms with E-state index < -0.39 is 5.97 Å². The number of carbonyl (C=O) groups excluding carboxylic acids is 2. The summed E-state index contributed by atoms with van der Waals surface area (Å²) >= 11 is 0. The van der Waals surface area contributed by atoms with E-state index in [4.69, 9.17) is 5.11 Å². The summed E-state index contributed by atoms with van der Waals surface area (Å²) < 4.78 is 0. The summed E-state index contributed by atoms with van der Waals surface area (Å²) in [6.07, 6.45) is 0.727. The van der Waals surface area contributed by atoms with E-state index >= 15 is 0 Å². The zero-order valence-electron chi connectivity index (χ0n) is 10.4. The minimum atomic E-state index is -0.867. The Kier molecular flexibility index (Phi) is 5.41. The molecule has 0 spiro atoms. The smallest absolute Gasteiger partial charge is 0.317 e. The second-order valence-electron chi connectivity index (χ2n) is 4.33. The topological polar surface area (TPSA) is 98.7 Å². The summed E-state index contributed by atoms with van der Waals surface area (Å²) in [4.78, 5) is 34.8. The number of nitrogens with one attached hydrogen (secondary N) is 2. The van der Waals surface area contributed by atoms with Crippen molar-refractivity contribution < 1.29 is 19.5 Å². The Hall–Kier alpha value is -1.79. The summed E-state index contributed by atoms with van der Waals surface area (Å²) in [6, 6.07) is -0.311. The second kappa shape index (κ2) is 6.83. The van der Waals surface area contributed by atoms with E-state index in [1.807, 2.05) is 6.92 Å². The SMILES string of the molecule is CCC(CNC(=O)N1CCNC(=O)C1)CC(=O)O. The van der Waals surface area contributed by atoms with Crippen molar-refractivity contribution >= 4 is 17.9 Å². The molecule has 0 aromatic carbocycles. The Bertz CT molecular complexity index is 332. The molecule has 0 aliphatic carbocycles. The van der Waals surface area contributed by atoms with Gasteiger partial charge in [-0.1, -0.05) is 13.3 Å². The van der Waals surface area contributed by atoms with Crippen LogP contribution >= 0.6 is 0 Å². The lowest BCUT2D eigenvalue weighted by molar-refractivity contribution is -0.138. The van der Waals surface area contributed by atoms with Crippen LogP contribution in [0, 0.1) is 5.92 Å². The van der Waals surface area contributed by atoms with Crippen molar-refractivity contribution in [1.29, 1.82) is 0 Å². The molecule has 0 radical (unpaired) electrons. The van der Waals surface area contributed by atoms with Crippen molar-refractivity contribution in [3.8, 4) is 0 Å². The molecule has 1 fully saturated rings. The molecule has 3 N–H and O–H groups in total. The number of piperazine rings is 1. The zero-order chi connectivity index (χ0) is 13.5. The molecule has 1 aliphatic heterocycles. The van der Waals surface area contributed by atoms with Crippen molar-refractivity contribution in [1.82, 2.24) is 15.5 Å². The Morgan fingerprint density at radius 2 is 2.28 bits per heavy atom. The van der Waals surface area contributed by atoms with Gasteiger partial charge in [-0.3, -0.25) is 9.59 Å². The molecular formula is C11H19N3O4. The van der Waals surface area contributed by atoms with Crippen molar-refractivity contribution in [2.45, 2.75) is 19.8 Å². The highest BCUT2D eigenvalue weighted by atomic mass is 16.4. The van der Waals surface area contributed by atoms with E-state index in [-0.39, 0.29) is 30.8 Å². The average molecular weight is 257 g/mol. The number of nitrogens with zero attached hydrogens (tertiary/aromatic N) is 1. The molecule has 0 aromatic rings. The molecule has 7 nitrogen and oxygen atoms in total. The van der Waals surface area contributed by atoms with Crippen LogP contribution in [0.5, 0.6) is 0 Å². The number of urea groups is 1. The van der Waals surface area contributed by atoms with E-state index in [1.165, 1.54) is 4.90 Å². The van der Waals surface area contributed by atoms with Gasteiger partial charge in [-0.05, 0) is 5.92 Å². The fraction of sp³-hybridized carbons (Fsp3) is 0.727. The first kappa shape index (κ1) is 14.3. The largest absolute Gasteiger partial charge is 0.481 e. The summed E-state index contributed by atoms with van der Waals surface area (Å²) in [5, 5.41) is 14.0. The summed E-state index contributed by atoms with van der Waals surface area (Å²) in [7, 11) is 0. The highest BCUT2D eigenvalue weighted by Gasteiger charge is 2.21. The van der Waals surface area contributed by atoms with Crippen LogP contribution in [0.2, 0.25) is 0 Å². The van der Waals surface area contributed by atoms with Gasteiger partial charge in [0.1, 0.15) is 6.54 Å². The second-order valence-corrected chi connectivity index (χ2v) is 4.33. The van der Waals surface area contributed by atoms with Gasteiger partial charge in [0.25, 0.3) is 0 Å². The van der Waals surface area contributed by atoms with E-state index in [2.05, 4.69) is 10.6 Å². The molecule has 1 rings (SSSR count). The van der Waals surface area contributed by atoms with Crippen LogP contribution in [-0.4, -0.2) is 54.1 Å². The van der Waals surface area contributed by atoms with E-state index in [0.717, 1.165) is 0 Å². The minimum absolute atomic E-state index is 0.0390. The zero-order valence-corrected chi connectivity index (χ0v) is 10.4. The molecule has 0 saturated carbocycles. The van der Waals surface area contributed by atoms with E-state index in [0.29, 0.717) is 26.1 Å². The molecule has 18 heavy (non-hydrogen) atoms. The maximum atomic E-state index is 11.7. The van der Waals surface area contributed by atoms with Crippen LogP contribution in [0.3, 0.4) is 0 Å². The molecule has 1 atom stereocenters. The van der Waals surface area contributed by atoms with Crippen LogP contribution in [0.4, 0.5) is 4.79 Å². The average Bonchev–Trinajstić information content (AvgIpc) is 2.33. The monoisotopic (exact) mass is 257 g/mol. The lowest BCUT2D eigenvalue weighted by atomic mass is 10.0. The van der Waals surface area contributed by atoms with Crippen molar-refractivity contribution in [3.05, 3.63) is 0 Å². The third kappa shape index (κ3) is 4.60. The molecule has 1 saturated heterocycles. The molecule has 1 unspecified atom stereocenters. The highest BCUT2D eigenvalue weighted by molar-refractivity contribution is 5.85. The fourth-order valence-electron chi connectivity index (χ4n) is 1.76. The molecule has 7 heteroatoms. The van der Waals surface area contributed by atoms with E-state index in [9.17, 15) is 14.4 Å². The first-order valence-corrected chi connectivity index (χ1v) is 6.04. The van der Waals surface area contributed by atoms with Gasteiger partial charge in [0, 0.05) is 26.1 Å². The van der Waals surface area contributed by atoms with Crippen molar-refractivity contribution in [2.24, 2.45) is 5.92 Å². The quantitative estimate of drug-likeness (QED) is 0.625. The Balaban J connectivity index is 2.34. The van der Waals surface area contributed by atoms with Gasteiger partial charge in [-0.2, -0.15) is 0 Å². The molecule has 102 valence electrons. The predicted molar refractivity (Wildman–Crippen MR) is 64.0 cm³/mol. The van der Waals surface area contributed by atoms with Crippen LogP contribution in [0.15, 0.2) is 0 Å². The number of carboxylic acid groups (broad SMARTS) is 1. The Morgan fingerprint density at radius 3 is 2.83 bits per heavy atom. The van der Waals surface area contributed by atoms with Gasteiger partial charge in [0.2, 0.25) is 5.91 Å². The number of amides is 3. The lowest BCUT2D eigenvalue weighted by Crippen LogP contribution is -2.53. The maximum absolute atomic E-state index is 11.7. The first-order chi connectivity index (χ1) is 8.52. The van der Waals surface area contributed by atoms with Crippen LogP contribution in [0.25, 0.3) is 0 Å². The number of aliphatic carboxylic acids is 1. The Morgan fingerprint density at radius 1 is 1.56 bits per heavy atom. The number of carboxylic acids is 1. The fourth-order valence-corrected chi connectivity index (χ4v) is 1.76. The lowest BCUT2D eigenvalue weighted by Gasteiger charge is -2.27. The van der Waals surface area contributed by atoms with Crippen molar-refractivity contribution in [3.63, 3.8) is 0 Å². The van der Waals surface area contributed by atoms with Gasteiger partial charge in [-0.15, -0.1) is 0 Å². The number of hydrogen-bond donors (Lipinski definition) is 3. The third-order valence-electron chi connectivity index (χ3n) is 2.91. The Labute approximate surface area is 106 Å². The molecule has 3 amide bonds. The normalized spacial score (nSPS) is 16.9. The molecular weight excluding hydrogens is 238 g/mol. The van der Waals surface area contributed by atoms with Gasteiger partial charge in [-0.25, -0.2) is 4.79 Å². The molecule has 1 heterocycles. The van der Waals surface area contributed by atoms with Gasteiger partial charge < -0.3 is 20.6 Å². The van der Waals surface area contributed by atoms with Gasteiger partial charge in [0.15, 0.2) is 0 Å². The van der Waals surface area contributed by atoms with Crippen LogP contribution < -0.4 is 10.6 Å². The molecule has 0 aromatic heterocycles. The van der Waals surface area contributed by atoms with Crippen molar-refractivity contribution in [2.75, 3.05) is 26.2 Å². The van der Waals surface area contributed by atoms with Crippen LogP contribution in [0.1, 0.15) is 19.8 Å². The molecule has 0 bridgehead atoms.